The molecule has 91 heavy (non-hydrogen) atoms. The number of anilines is 15. The molecule has 0 bridgehead atoms. The Bertz CT molecular complexity index is 3670. The molecule has 5 nitrogen and oxygen atoms in total. The molecule has 0 radical (unpaired) electrons. The molecule has 0 aliphatic carbocycles. The molecule has 0 amide bonds. The van der Waals surface area contributed by atoms with Gasteiger partial charge in [-0.25, -0.2) is 0 Å². The van der Waals surface area contributed by atoms with E-state index in [4.69, 9.17) is 0 Å². The predicted molar refractivity (Wildman–Crippen MR) is 393 cm³/mol. The molecule has 11 aromatic carbocycles. The third-order valence-electron chi connectivity index (χ3n) is 17.6. The fraction of sp³-hybridized carbons (Fsp3) is 0.233. The Kier molecular flexibility index (Phi) is 22.0. The van der Waals surface area contributed by atoms with Crippen LogP contribution in [0.5, 0.6) is 0 Å². The fourth-order valence-corrected chi connectivity index (χ4v) is 12.4. The van der Waals surface area contributed by atoms with Crippen molar-refractivity contribution in [2.75, 3.05) is 24.5 Å². The third kappa shape index (κ3) is 15.9. The first-order valence-corrected chi connectivity index (χ1v) is 33.9. The molecule has 0 saturated carbocycles. The van der Waals surface area contributed by atoms with Crippen LogP contribution in [0.3, 0.4) is 0 Å². The number of unbranched alkanes of at least 4 members (excludes halogenated alkanes) is 5. The van der Waals surface area contributed by atoms with Crippen molar-refractivity contribution in [1.82, 2.24) is 0 Å². The fourth-order valence-electron chi connectivity index (χ4n) is 12.4. The molecule has 0 atom stereocenters. The zero-order chi connectivity index (χ0) is 62.6. The van der Waals surface area contributed by atoms with Crippen LogP contribution in [0, 0.1) is 0 Å². The van der Waals surface area contributed by atoms with Gasteiger partial charge in [0.05, 0.1) is 0 Å². The van der Waals surface area contributed by atoms with Crippen LogP contribution >= 0.6 is 0 Å². The maximum Gasteiger partial charge on any atom is 0.0463 e. The van der Waals surface area contributed by atoms with Gasteiger partial charge in [-0.2, -0.15) is 0 Å². The van der Waals surface area contributed by atoms with Gasteiger partial charge < -0.3 is 24.5 Å². The summed E-state index contributed by atoms with van der Waals surface area (Å²) in [5, 5.41) is 0. The molecule has 0 aliphatic rings. The van der Waals surface area contributed by atoms with Gasteiger partial charge in [-0.05, 0) is 274 Å². The van der Waals surface area contributed by atoms with Crippen molar-refractivity contribution >= 4 is 85.3 Å². The van der Waals surface area contributed by atoms with E-state index in [2.05, 4.69) is 338 Å². The van der Waals surface area contributed by atoms with Gasteiger partial charge in [0.15, 0.2) is 0 Å². The topological polar surface area (TPSA) is 16.2 Å². The number of aryl methyl sites for hydroxylation is 5. The maximum absolute atomic E-state index is 2.41. The lowest BCUT2D eigenvalue weighted by molar-refractivity contribution is 0.795. The van der Waals surface area contributed by atoms with Crippen LogP contribution in [0.1, 0.15) is 127 Å². The molecule has 0 aromatic heterocycles. The molecule has 5 heteroatoms. The molecule has 0 unspecified atom stereocenters. The number of hydrogen-bond donors (Lipinski definition) is 0. The molecular formula is C86H91N5. The van der Waals surface area contributed by atoms with Crippen LogP contribution in [-0.2, 0) is 32.1 Å². The summed E-state index contributed by atoms with van der Waals surface area (Å²) in [6.07, 6.45) is 17.2. The summed E-state index contributed by atoms with van der Waals surface area (Å²) >= 11 is 0. The zero-order valence-corrected chi connectivity index (χ0v) is 54.4. The molecule has 0 heterocycles. The summed E-state index contributed by atoms with van der Waals surface area (Å²) in [7, 11) is 0. The Hall–Kier alpha value is -9.58. The minimum Gasteiger partial charge on any atom is -0.311 e. The van der Waals surface area contributed by atoms with Crippen LogP contribution in [0.25, 0.3) is 0 Å². The van der Waals surface area contributed by atoms with Crippen molar-refractivity contribution in [3.8, 4) is 0 Å². The zero-order valence-electron chi connectivity index (χ0n) is 54.4. The number of hydrogen-bond acceptors (Lipinski definition) is 5. The van der Waals surface area contributed by atoms with Gasteiger partial charge in [-0.3, -0.25) is 0 Å². The summed E-state index contributed by atoms with van der Waals surface area (Å²) < 4.78 is 0. The Morgan fingerprint density at radius 2 is 0.275 bits per heavy atom. The van der Waals surface area contributed by atoms with E-state index in [0.717, 1.165) is 117 Å². The molecular weight excluding hydrogens is 1100 g/mol. The minimum atomic E-state index is 1.07. The normalized spacial score (nSPS) is 11.1. The number of nitrogens with zero attached hydrogens (tertiary/aromatic N) is 5. The Morgan fingerprint density at radius 3 is 0.407 bits per heavy atom. The monoisotopic (exact) mass is 1190 g/mol. The van der Waals surface area contributed by atoms with Gasteiger partial charge >= 0.3 is 0 Å². The first kappa shape index (κ1) is 63.0. The average molecular weight is 1190 g/mol. The largest absolute Gasteiger partial charge is 0.311 e. The highest BCUT2D eigenvalue weighted by atomic mass is 15.2. The first-order valence-electron chi connectivity index (χ1n) is 33.9. The molecule has 460 valence electrons. The Balaban J connectivity index is 0.947. The highest BCUT2D eigenvalue weighted by molar-refractivity contribution is 5.86. The van der Waals surface area contributed by atoms with Gasteiger partial charge in [0.1, 0.15) is 0 Å². The van der Waals surface area contributed by atoms with Crippen molar-refractivity contribution in [2.24, 2.45) is 0 Å². The first-order chi connectivity index (χ1) is 44.9. The van der Waals surface area contributed by atoms with Crippen molar-refractivity contribution in [3.05, 3.63) is 307 Å². The second-order valence-corrected chi connectivity index (χ2v) is 24.3. The summed E-state index contributed by atoms with van der Waals surface area (Å²) in [4.78, 5) is 11.9. The van der Waals surface area contributed by atoms with E-state index in [1.807, 2.05) is 0 Å². The van der Waals surface area contributed by atoms with E-state index in [1.54, 1.807) is 0 Å². The number of benzene rings is 11. The molecule has 11 aromatic rings. The van der Waals surface area contributed by atoms with E-state index in [0.29, 0.717) is 0 Å². The van der Waals surface area contributed by atoms with Gasteiger partial charge in [-0.15, -0.1) is 0 Å². The third-order valence-corrected chi connectivity index (χ3v) is 17.6. The maximum atomic E-state index is 2.41. The lowest BCUT2D eigenvalue weighted by atomic mass is 10.1. The Labute approximate surface area is 544 Å². The standard InChI is InChI=1S/C86H91N5/c1-6-11-22-67-31-41-74(42-32-67)87(72-27-18-16-19-28-72)79-51-55-81(56-52-79)89(76-45-35-69(36-46-76)24-13-8-3)83-59-63-85(64-60-83)91(78-49-39-71(40-50-78)26-15-10-5)86-65-61-84(62-66-86)90(77-47-37-70(38-48-77)25-14-9-4)82-57-53-80(54-58-82)88(73-29-20-17-21-30-73)75-43-33-68(34-44-75)23-12-7-2/h16-21,27-66H,6-15,22-26H2,1-5H3. The van der Waals surface area contributed by atoms with Crippen molar-refractivity contribution in [1.29, 1.82) is 0 Å². The van der Waals surface area contributed by atoms with E-state index in [9.17, 15) is 0 Å². The summed E-state index contributed by atoms with van der Waals surface area (Å²) in [6.45, 7) is 11.3. The summed E-state index contributed by atoms with van der Waals surface area (Å²) in [5.74, 6) is 0. The van der Waals surface area contributed by atoms with Crippen LogP contribution in [0.4, 0.5) is 85.3 Å². The molecule has 0 spiro atoms. The summed E-state index contributed by atoms with van der Waals surface area (Å²) in [6, 6.07) is 104. The Morgan fingerprint density at radius 1 is 0.154 bits per heavy atom. The van der Waals surface area contributed by atoms with Gasteiger partial charge in [0, 0.05) is 85.3 Å². The molecule has 0 N–H and O–H groups in total. The lowest BCUT2D eigenvalue weighted by Gasteiger charge is -2.30. The van der Waals surface area contributed by atoms with Gasteiger partial charge in [-0.1, -0.05) is 164 Å². The molecule has 0 saturated heterocycles. The van der Waals surface area contributed by atoms with Crippen LogP contribution < -0.4 is 24.5 Å². The number of rotatable bonds is 30. The predicted octanol–water partition coefficient (Wildman–Crippen LogP) is 25.7. The van der Waals surface area contributed by atoms with Crippen LogP contribution in [0.15, 0.2) is 279 Å². The second-order valence-electron chi connectivity index (χ2n) is 24.3. The van der Waals surface area contributed by atoms with Crippen molar-refractivity contribution < 1.29 is 0 Å². The van der Waals surface area contributed by atoms with E-state index >= 15 is 0 Å². The van der Waals surface area contributed by atoms with Crippen LogP contribution in [-0.4, -0.2) is 0 Å². The lowest BCUT2D eigenvalue weighted by Crippen LogP contribution is -2.14. The second kappa shape index (κ2) is 31.7. The minimum absolute atomic E-state index is 1.07. The average Bonchev–Trinajstić information content (AvgIpc) is 1.74. The van der Waals surface area contributed by atoms with Crippen molar-refractivity contribution in [2.45, 2.75) is 131 Å². The molecule has 0 fully saturated rings. The molecule has 0 aliphatic heterocycles. The SMILES string of the molecule is CCCCc1ccc(N(c2ccccc2)c2ccc(N(c3ccc(CCCC)cc3)c3ccc(N(c4ccc(CCCC)cc4)c4ccc(N(c5ccc(CCCC)cc5)c5ccc(N(c6ccccc6)c6ccc(CCCC)cc6)cc5)cc4)cc3)cc2)cc1. The van der Waals surface area contributed by atoms with E-state index in [1.165, 1.54) is 92.0 Å². The van der Waals surface area contributed by atoms with Gasteiger partial charge in [0.25, 0.3) is 0 Å². The summed E-state index contributed by atoms with van der Waals surface area (Å²) in [5.41, 5.74) is 23.5. The smallest absolute Gasteiger partial charge is 0.0463 e. The highest BCUT2D eigenvalue weighted by Crippen LogP contribution is 2.44. The highest BCUT2D eigenvalue weighted by Gasteiger charge is 2.21. The van der Waals surface area contributed by atoms with E-state index in [-0.39, 0.29) is 0 Å². The molecule has 11 rings (SSSR count). The van der Waals surface area contributed by atoms with Gasteiger partial charge in [0.2, 0.25) is 0 Å². The number of para-hydroxylation sites is 2. The van der Waals surface area contributed by atoms with Crippen molar-refractivity contribution in [3.63, 3.8) is 0 Å². The van der Waals surface area contributed by atoms with E-state index < -0.39 is 0 Å². The quantitative estimate of drug-likeness (QED) is 0.0445. The van der Waals surface area contributed by atoms with Crippen LogP contribution in [0.2, 0.25) is 0 Å².